The van der Waals surface area contributed by atoms with Crippen LogP contribution in [0.1, 0.15) is 15.9 Å². The lowest BCUT2D eigenvalue weighted by Gasteiger charge is -2.24. The van der Waals surface area contributed by atoms with Gasteiger partial charge >= 0.3 is 5.97 Å². The van der Waals surface area contributed by atoms with Gasteiger partial charge in [0.05, 0.1) is 29.5 Å². The Morgan fingerprint density at radius 3 is 2.23 bits per heavy atom. The summed E-state index contributed by atoms with van der Waals surface area (Å²) in [6, 6.07) is 27.1. The van der Waals surface area contributed by atoms with Crippen molar-refractivity contribution in [1.29, 1.82) is 0 Å². The molecule has 0 heterocycles. The van der Waals surface area contributed by atoms with Gasteiger partial charge < -0.3 is 9.47 Å². The van der Waals surface area contributed by atoms with Crippen molar-refractivity contribution in [3.8, 4) is 11.5 Å². The molecule has 11 heteroatoms. The van der Waals surface area contributed by atoms with Crippen LogP contribution in [0.4, 0.5) is 5.69 Å². The van der Waals surface area contributed by atoms with Gasteiger partial charge in [-0.15, -0.1) is 0 Å². The lowest BCUT2D eigenvalue weighted by molar-refractivity contribution is -0.119. The topological polar surface area (TPSA) is 114 Å². The first-order chi connectivity index (χ1) is 19.3. The molecule has 0 bridgehead atoms. The summed E-state index contributed by atoms with van der Waals surface area (Å²) in [4.78, 5) is 24.9. The molecule has 0 fully saturated rings. The number of carbonyl (C=O) groups is 2. The molecule has 0 spiro atoms. The van der Waals surface area contributed by atoms with Crippen LogP contribution in [0.2, 0.25) is 5.02 Å². The Labute approximate surface area is 236 Å². The first-order valence-corrected chi connectivity index (χ1v) is 13.7. The summed E-state index contributed by atoms with van der Waals surface area (Å²) < 4.78 is 38.3. The molecule has 0 aliphatic heterocycles. The van der Waals surface area contributed by atoms with Gasteiger partial charge in [0.2, 0.25) is 0 Å². The number of halogens is 1. The van der Waals surface area contributed by atoms with Gasteiger partial charge in [0.15, 0.2) is 0 Å². The molecule has 4 aromatic rings. The Kier molecular flexibility index (Phi) is 9.15. The molecule has 4 rings (SSSR count). The quantitative estimate of drug-likeness (QED) is 0.124. The molecule has 1 amide bonds. The number of ether oxygens (including phenoxy) is 2. The van der Waals surface area contributed by atoms with Gasteiger partial charge in [-0.05, 0) is 84.4 Å². The van der Waals surface area contributed by atoms with Crippen molar-refractivity contribution in [3.05, 3.63) is 119 Å². The number of hydrogen-bond donors (Lipinski definition) is 1. The molecule has 0 atom stereocenters. The lowest BCUT2D eigenvalue weighted by atomic mass is 10.2. The average Bonchev–Trinajstić information content (AvgIpc) is 2.97. The number of methoxy groups -OCH3 is 1. The predicted molar refractivity (Wildman–Crippen MR) is 153 cm³/mol. The predicted octanol–water partition coefficient (Wildman–Crippen LogP) is 4.91. The molecule has 9 nitrogen and oxygen atoms in total. The third kappa shape index (κ3) is 7.25. The van der Waals surface area contributed by atoms with E-state index in [1.807, 2.05) is 0 Å². The van der Waals surface area contributed by atoms with Gasteiger partial charge in [-0.25, -0.2) is 18.6 Å². The fraction of sp³-hybridized carbons (Fsp3) is 0.0690. The lowest BCUT2D eigenvalue weighted by Crippen LogP contribution is -2.39. The highest BCUT2D eigenvalue weighted by Crippen LogP contribution is 2.27. The number of hydrazone groups is 1. The zero-order chi connectivity index (χ0) is 28.5. The fourth-order valence-corrected chi connectivity index (χ4v) is 5.13. The zero-order valence-corrected chi connectivity index (χ0v) is 22.8. The Morgan fingerprint density at radius 2 is 1.57 bits per heavy atom. The van der Waals surface area contributed by atoms with Gasteiger partial charge in [0.25, 0.3) is 15.9 Å². The van der Waals surface area contributed by atoms with Gasteiger partial charge in [-0.2, -0.15) is 5.10 Å². The standard InChI is InChI=1S/C29H24ClN3O6S/c1-38-25-14-16-27(17-15-25)40(36,37)33(24-9-5-8-23(30)18-24)20-28(34)32-31-19-21-10-12-26(13-11-21)39-29(35)22-6-3-2-4-7-22/h2-19H,20H2,1H3,(H,32,34)/b31-19-. The number of sulfonamides is 1. The highest BCUT2D eigenvalue weighted by Gasteiger charge is 2.27. The van der Waals surface area contributed by atoms with Crippen molar-refractivity contribution < 1.29 is 27.5 Å². The highest BCUT2D eigenvalue weighted by molar-refractivity contribution is 7.92. The molecule has 0 saturated carbocycles. The zero-order valence-electron chi connectivity index (χ0n) is 21.2. The van der Waals surface area contributed by atoms with E-state index >= 15 is 0 Å². The summed E-state index contributed by atoms with van der Waals surface area (Å²) >= 11 is 6.09. The normalized spacial score (nSPS) is 11.2. The van der Waals surface area contributed by atoms with Crippen LogP contribution < -0.4 is 19.2 Å². The second-order valence-electron chi connectivity index (χ2n) is 8.28. The van der Waals surface area contributed by atoms with Crippen LogP contribution in [0.3, 0.4) is 0 Å². The molecular formula is C29H24ClN3O6S. The minimum atomic E-state index is -4.14. The number of anilines is 1. The van der Waals surface area contributed by atoms with E-state index in [1.165, 1.54) is 49.7 Å². The van der Waals surface area contributed by atoms with E-state index in [-0.39, 0.29) is 10.6 Å². The molecule has 0 radical (unpaired) electrons. The van der Waals surface area contributed by atoms with Crippen LogP contribution >= 0.6 is 11.6 Å². The number of rotatable bonds is 10. The van der Waals surface area contributed by atoms with E-state index in [9.17, 15) is 18.0 Å². The van der Waals surface area contributed by atoms with Gasteiger partial charge in [-0.1, -0.05) is 35.9 Å². The van der Waals surface area contributed by atoms with Crippen molar-refractivity contribution in [2.45, 2.75) is 4.90 Å². The molecule has 40 heavy (non-hydrogen) atoms. The van der Waals surface area contributed by atoms with Crippen molar-refractivity contribution in [2.24, 2.45) is 5.10 Å². The number of benzene rings is 4. The number of amides is 1. The molecular weight excluding hydrogens is 554 g/mol. The summed E-state index contributed by atoms with van der Waals surface area (Å²) in [5.41, 5.74) is 3.59. The summed E-state index contributed by atoms with van der Waals surface area (Å²) in [7, 11) is -2.66. The molecule has 4 aromatic carbocycles. The average molecular weight is 578 g/mol. The number of nitrogens with zero attached hydrogens (tertiary/aromatic N) is 2. The number of hydrogen-bond acceptors (Lipinski definition) is 7. The third-order valence-corrected chi connectivity index (χ3v) is 7.56. The smallest absolute Gasteiger partial charge is 0.343 e. The van der Waals surface area contributed by atoms with Crippen LogP contribution in [0.5, 0.6) is 11.5 Å². The van der Waals surface area contributed by atoms with E-state index in [2.05, 4.69) is 10.5 Å². The summed E-state index contributed by atoms with van der Waals surface area (Å²) in [5, 5.41) is 4.23. The highest BCUT2D eigenvalue weighted by atomic mass is 35.5. The molecule has 0 aromatic heterocycles. The summed E-state index contributed by atoms with van der Waals surface area (Å²) in [6.07, 6.45) is 1.38. The van der Waals surface area contributed by atoms with Gasteiger partial charge in [0, 0.05) is 5.02 Å². The minimum Gasteiger partial charge on any atom is -0.497 e. The molecule has 1 N–H and O–H groups in total. The van der Waals surface area contributed by atoms with Crippen LogP contribution in [-0.4, -0.2) is 40.2 Å². The van der Waals surface area contributed by atoms with Crippen molar-refractivity contribution >= 4 is 45.4 Å². The maximum absolute atomic E-state index is 13.5. The molecule has 0 unspecified atom stereocenters. The SMILES string of the molecule is COc1ccc(S(=O)(=O)N(CC(=O)N/N=C\c2ccc(OC(=O)c3ccccc3)cc2)c2cccc(Cl)c2)cc1. The van der Waals surface area contributed by atoms with E-state index in [0.29, 0.717) is 27.6 Å². The Morgan fingerprint density at radius 1 is 0.900 bits per heavy atom. The third-order valence-electron chi connectivity index (χ3n) is 5.53. The molecule has 0 saturated heterocycles. The van der Waals surface area contributed by atoms with Crippen LogP contribution in [0.15, 0.2) is 113 Å². The largest absolute Gasteiger partial charge is 0.497 e. The number of carbonyl (C=O) groups excluding carboxylic acids is 2. The van der Waals surface area contributed by atoms with E-state index < -0.39 is 28.4 Å². The fourth-order valence-electron chi connectivity index (χ4n) is 3.53. The van der Waals surface area contributed by atoms with Crippen molar-refractivity contribution in [1.82, 2.24) is 5.43 Å². The second kappa shape index (κ2) is 12.9. The van der Waals surface area contributed by atoms with Crippen LogP contribution in [0.25, 0.3) is 0 Å². The maximum Gasteiger partial charge on any atom is 0.343 e. The van der Waals surface area contributed by atoms with E-state index in [1.54, 1.807) is 66.7 Å². The summed E-state index contributed by atoms with van der Waals surface area (Å²) in [5.74, 6) is -0.330. The first kappa shape index (κ1) is 28.3. The van der Waals surface area contributed by atoms with Crippen LogP contribution in [-0.2, 0) is 14.8 Å². The number of nitrogens with one attached hydrogen (secondary N) is 1. The second-order valence-corrected chi connectivity index (χ2v) is 10.6. The Bertz CT molecular complexity index is 1610. The maximum atomic E-state index is 13.5. The summed E-state index contributed by atoms with van der Waals surface area (Å²) in [6.45, 7) is -0.555. The molecule has 0 aliphatic rings. The van der Waals surface area contributed by atoms with Crippen molar-refractivity contribution in [2.75, 3.05) is 18.0 Å². The monoisotopic (exact) mass is 577 g/mol. The molecule has 0 aliphatic carbocycles. The molecule has 204 valence electrons. The Hall–Kier alpha value is -4.67. The first-order valence-electron chi connectivity index (χ1n) is 11.9. The number of esters is 1. The Balaban J connectivity index is 1.43. The van der Waals surface area contributed by atoms with Crippen LogP contribution in [0, 0.1) is 0 Å². The minimum absolute atomic E-state index is 0.0300. The van der Waals surface area contributed by atoms with E-state index in [0.717, 1.165) is 4.31 Å². The van der Waals surface area contributed by atoms with Gasteiger partial charge in [0.1, 0.15) is 18.0 Å². The van der Waals surface area contributed by atoms with E-state index in [4.69, 9.17) is 21.1 Å². The van der Waals surface area contributed by atoms with Crippen molar-refractivity contribution in [3.63, 3.8) is 0 Å². The van der Waals surface area contributed by atoms with Gasteiger partial charge in [-0.3, -0.25) is 9.10 Å².